The van der Waals surface area contributed by atoms with E-state index < -0.39 is 10.0 Å². The highest BCUT2D eigenvalue weighted by Gasteiger charge is 2.09. The Labute approximate surface area is 109 Å². The summed E-state index contributed by atoms with van der Waals surface area (Å²) in [5.74, 6) is 0.123. The maximum absolute atomic E-state index is 11.6. The second-order valence-electron chi connectivity index (χ2n) is 4.16. The molecule has 6 nitrogen and oxygen atoms in total. The largest absolute Gasteiger partial charge is 0.316 e. The van der Waals surface area contributed by atoms with Crippen LogP contribution in [-0.4, -0.2) is 43.6 Å². The molecule has 7 heteroatoms. The Morgan fingerprint density at radius 2 is 2.11 bits per heavy atom. The molecule has 0 radical (unpaired) electrons. The van der Waals surface area contributed by atoms with Gasteiger partial charge in [-0.2, -0.15) is 5.10 Å². The quantitative estimate of drug-likeness (QED) is 0.616. The molecular weight excluding hydrogens is 252 g/mol. The van der Waals surface area contributed by atoms with Crippen LogP contribution in [0, 0.1) is 0 Å². The molecule has 0 unspecified atom stereocenters. The fraction of sp³-hybridized carbons (Fsp3) is 0.727. The molecule has 1 aromatic rings. The molecule has 0 spiro atoms. The first-order valence-electron chi connectivity index (χ1n) is 6.20. The van der Waals surface area contributed by atoms with Gasteiger partial charge in [0, 0.05) is 38.4 Å². The Morgan fingerprint density at radius 3 is 2.72 bits per heavy atom. The van der Waals surface area contributed by atoms with E-state index in [1.165, 1.54) is 0 Å². The molecular formula is C11H22N4O2S. The summed E-state index contributed by atoms with van der Waals surface area (Å²) in [5.41, 5.74) is 1.02. The van der Waals surface area contributed by atoms with Crippen molar-refractivity contribution in [3.8, 4) is 0 Å². The maximum Gasteiger partial charge on any atom is 0.212 e. The van der Waals surface area contributed by atoms with Crippen LogP contribution in [0.5, 0.6) is 0 Å². The van der Waals surface area contributed by atoms with Gasteiger partial charge in [0.05, 0.1) is 5.75 Å². The Kier molecular flexibility index (Phi) is 6.31. The lowest BCUT2D eigenvalue weighted by atomic mass is 10.3. The predicted molar refractivity (Wildman–Crippen MR) is 71.9 cm³/mol. The molecule has 0 bridgehead atoms. The van der Waals surface area contributed by atoms with E-state index in [-0.39, 0.29) is 5.75 Å². The van der Waals surface area contributed by atoms with Crippen LogP contribution in [0.2, 0.25) is 0 Å². The number of rotatable bonds is 9. The summed E-state index contributed by atoms with van der Waals surface area (Å²) in [6.07, 6.45) is 3.37. The average Bonchev–Trinajstić information content (AvgIpc) is 2.71. The Hall–Kier alpha value is -0.920. The second kappa shape index (κ2) is 7.50. The van der Waals surface area contributed by atoms with Crippen molar-refractivity contribution in [2.75, 3.05) is 25.4 Å². The zero-order chi connectivity index (χ0) is 13.4. The molecule has 1 aromatic heterocycles. The minimum atomic E-state index is -3.17. The summed E-state index contributed by atoms with van der Waals surface area (Å²) in [7, 11) is -1.32. The van der Waals surface area contributed by atoms with Gasteiger partial charge in [-0.1, -0.05) is 6.92 Å². The van der Waals surface area contributed by atoms with Crippen molar-refractivity contribution < 1.29 is 8.42 Å². The summed E-state index contributed by atoms with van der Waals surface area (Å²) in [6, 6.07) is 1.89. The van der Waals surface area contributed by atoms with E-state index in [1.54, 1.807) is 10.9 Å². The second-order valence-corrected chi connectivity index (χ2v) is 6.09. The first-order chi connectivity index (χ1) is 8.55. The Balaban J connectivity index is 2.23. The van der Waals surface area contributed by atoms with Crippen LogP contribution in [0.25, 0.3) is 0 Å². The molecule has 0 aliphatic heterocycles. The fourth-order valence-electron chi connectivity index (χ4n) is 1.56. The van der Waals surface area contributed by atoms with Gasteiger partial charge >= 0.3 is 0 Å². The molecule has 0 saturated heterocycles. The number of hydrogen-bond acceptors (Lipinski definition) is 4. The van der Waals surface area contributed by atoms with Crippen LogP contribution in [0.15, 0.2) is 12.3 Å². The van der Waals surface area contributed by atoms with Crippen molar-refractivity contribution in [2.24, 2.45) is 7.05 Å². The van der Waals surface area contributed by atoms with Crippen molar-refractivity contribution in [2.45, 2.75) is 19.8 Å². The summed E-state index contributed by atoms with van der Waals surface area (Å²) >= 11 is 0. The van der Waals surface area contributed by atoms with Crippen molar-refractivity contribution in [3.63, 3.8) is 0 Å². The number of sulfonamides is 1. The molecule has 1 rings (SSSR count). The van der Waals surface area contributed by atoms with Crippen LogP contribution in [0.3, 0.4) is 0 Å². The molecule has 0 atom stereocenters. The first kappa shape index (κ1) is 15.1. The third-order valence-electron chi connectivity index (χ3n) is 2.60. The summed E-state index contributed by atoms with van der Waals surface area (Å²) < 4.78 is 27.6. The van der Waals surface area contributed by atoms with E-state index in [4.69, 9.17) is 0 Å². The van der Waals surface area contributed by atoms with Crippen LogP contribution >= 0.6 is 0 Å². The third-order valence-corrected chi connectivity index (χ3v) is 3.99. The smallest absolute Gasteiger partial charge is 0.212 e. The molecule has 0 aromatic carbocycles. The normalized spacial score (nSPS) is 11.9. The summed E-state index contributed by atoms with van der Waals surface area (Å²) in [4.78, 5) is 0. The van der Waals surface area contributed by atoms with Gasteiger partial charge in [-0.3, -0.25) is 4.68 Å². The van der Waals surface area contributed by atoms with Gasteiger partial charge in [0.25, 0.3) is 0 Å². The van der Waals surface area contributed by atoms with Gasteiger partial charge in [-0.25, -0.2) is 13.1 Å². The van der Waals surface area contributed by atoms with Crippen LogP contribution in [-0.2, 0) is 23.5 Å². The lowest BCUT2D eigenvalue weighted by molar-refractivity contribution is 0.574. The van der Waals surface area contributed by atoms with Gasteiger partial charge < -0.3 is 5.32 Å². The molecule has 0 aliphatic rings. The van der Waals surface area contributed by atoms with Crippen molar-refractivity contribution in [3.05, 3.63) is 18.0 Å². The minimum absolute atomic E-state index is 0.123. The maximum atomic E-state index is 11.6. The number of nitrogens with one attached hydrogen (secondary N) is 2. The van der Waals surface area contributed by atoms with Gasteiger partial charge in [0.2, 0.25) is 10.0 Å². The highest BCUT2D eigenvalue weighted by Crippen LogP contribution is 1.96. The minimum Gasteiger partial charge on any atom is -0.316 e. The number of hydrogen-bond donors (Lipinski definition) is 2. The molecule has 0 amide bonds. The van der Waals surface area contributed by atoms with Crippen LogP contribution < -0.4 is 10.0 Å². The van der Waals surface area contributed by atoms with E-state index in [2.05, 4.69) is 15.1 Å². The topological polar surface area (TPSA) is 76.0 Å². The third kappa shape index (κ3) is 5.61. The molecule has 104 valence electrons. The SMILES string of the molecule is CCCNCCS(=O)(=O)NCCc1ccnn1C. The Bertz CT molecular complexity index is 442. The van der Waals surface area contributed by atoms with Crippen molar-refractivity contribution in [1.82, 2.24) is 19.8 Å². The van der Waals surface area contributed by atoms with Crippen LogP contribution in [0.1, 0.15) is 19.0 Å². The Morgan fingerprint density at radius 1 is 1.33 bits per heavy atom. The van der Waals surface area contributed by atoms with E-state index in [0.717, 1.165) is 18.7 Å². The van der Waals surface area contributed by atoms with Gasteiger partial charge in [0.1, 0.15) is 0 Å². The fourth-order valence-corrected chi connectivity index (χ4v) is 2.53. The highest BCUT2D eigenvalue weighted by atomic mass is 32.2. The predicted octanol–water partition coefficient (Wildman–Crippen LogP) is -0.118. The summed E-state index contributed by atoms with van der Waals surface area (Å²) in [6.45, 7) is 3.81. The molecule has 0 saturated carbocycles. The van der Waals surface area contributed by atoms with Crippen molar-refractivity contribution in [1.29, 1.82) is 0 Å². The zero-order valence-corrected chi connectivity index (χ0v) is 11.8. The first-order valence-corrected chi connectivity index (χ1v) is 7.85. The van der Waals surface area contributed by atoms with Crippen LogP contribution in [0.4, 0.5) is 0 Å². The van der Waals surface area contributed by atoms with E-state index in [0.29, 0.717) is 19.5 Å². The van der Waals surface area contributed by atoms with Gasteiger partial charge in [0.15, 0.2) is 0 Å². The monoisotopic (exact) mass is 274 g/mol. The zero-order valence-electron chi connectivity index (χ0n) is 11.0. The van der Waals surface area contributed by atoms with E-state index in [9.17, 15) is 8.42 Å². The number of aromatic nitrogens is 2. The standard InChI is InChI=1S/C11H22N4O2S/c1-3-6-12-9-10-18(16,17)14-8-5-11-4-7-13-15(11)2/h4,7,12,14H,3,5-6,8-10H2,1-2H3. The van der Waals surface area contributed by atoms with Gasteiger partial charge in [-0.05, 0) is 19.0 Å². The molecule has 0 aliphatic carbocycles. The molecule has 1 heterocycles. The molecule has 2 N–H and O–H groups in total. The number of nitrogens with zero attached hydrogens (tertiary/aromatic N) is 2. The summed E-state index contributed by atoms with van der Waals surface area (Å²) in [5, 5.41) is 7.10. The van der Waals surface area contributed by atoms with Gasteiger partial charge in [-0.15, -0.1) is 0 Å². The molecule has 18 heavy (non-hydrogen) atoms. The van der Waals surface area contributed by atoms with E-state index in [1.807, 2.05) is 20.0 Å². The lowest BCUT2D eigenvalue weighted by Crippen LogP contribution is -2.33. The lowest BCUT2D eigenvalue weighted by Gasteiger charge is -2.07. The highest BCUT2D eigenvalue weighted by molar-refractivity contribution is 7.89. The number of aryl methyl sites for hydroxylation is 1. The van der Waals surface area contributed by atoms with E-state index >= 15 is 0 Å². The van der Waals surface area contributed by atoms with Crippen molar-refractivity contribution >= 4 is 10.0 Å². The average molecular weight is 274 g/mol. The molecule has 0 fully saturated rings.